The lowest BCUT2D eigenvalue weighted by Gasteiger charge is -2.15. The Bertz CT molecular complexity index is 548. The fourth-order valence-electron chi connectivity index (χ4n) is 1.86. The summed E-state index contributed by atoms with van der Waals surface area (Å²) in [5.41, 5.74) is -0.492. The molecule has 1 atom stereocenters. The molecule has 1 aromatic heterocycles. The molecule has 1 N–H and O–H groups in total. The van der Waals surface area contributed by atoms with Crippen LogP contribution in [0.1, 0.15) is 24.9 Å². The van der Waals surface area contributed by atoms with E-state index >= 15 is 0 Å². The van der Waals surface area contributed by atoms with Crippen molar-refractivity contribution in [2.45, 2.75) is 24.9 Å². The number of alkyl halides is 4. The number of aliphatic hydroxyl groups is 1. The van der Waals surface area contributed by atoms with Gasteiger partial charge in [-0.3, -0.25) is 0 Å². The van der Waals surface area contributed by atoms with Crippen LogP contribution in [0.2, 0.25) is 0 Å². The van der Waals surface area contributed by atoms with E-state index in [1.807, 2.05) is 0 Å². The average molecular weight is 338 g/mol. The van der Waals surface area contributed by atoms with E-state index in [4.69, 9.17) is 0 Å². The second-order valence-corrected chi connectivity index (χ2v) is 4.63. The van der Waals surface area contributed by atoms with E-state index in [0.717, 1.165) is 10.8 Å². The van der Waals surface area contributed by atoms with Gasteiger partial charge in [-0.1, -0.05) is 22.9 Å². The molecule has 0 radical (unpaired) electrons. The quantitative estimate of drug-likeness (QED) is 0.840. The normalized spacial score (nSPS) is 19.5. The third-order valence-corrected chi connectivity index (χ3v) is 3.40. The summed E-state index contributed by atoms with van der Waals surface area (Å²) in [5, 5.41) is 13.8. The summed E-state index contributed by atoms with van der Waals surface area (Å²) in [6.07, 6.45) is -1.84. The number of aliphatic hydroxyl groups excluding tert-OH is 1. The molecule has 0 fully saturated rings. The van der Waals surface area contributed by atoms with Crippen molar-refractivity contribution in [1.82, 2.24) is 9.66 Å². The van der Waals surface area contributed by atoms with Crippen LogP contribution >= 0.6 is 15.9 Å². The first-order valence-corrected chi connectivity index (χ1v) is 6.70. The molecule has 0 bridgehead atoms. The van der Waals surface area contributed by atoms with Gasteiger partial charge in [-0.05, 0) is 12.5 Å². The van der Waals surface area contributed by atoms with Crippen LogP contribution < -0.4 is 0 Å². The van der Waals surface area contributed by atoms with Gasteiger partial charge in [-0.25, -0.2) is 9.66 Å². The molecule has 1 aromatic rings. The molecule has 2 heterocycles. The van der Waals surface area contributed by atoms with Gasteiger partial charge in [0.25, 0.3) is 0 Å². The second kappa shape index (κ2) is 4.99. The smallest absolute Gasteiger partial charge is 0.431 e. The molecule has 1 unspecified atom stereocenters. The highest BCUT2D eigenvalue weighted by atomic mass is 79.9. The third kappa shape index (κ3) is 2.54. The van der Waals surface area contributed by atoms with E-state index in [-0.39, 0.29) is 18.0 Å². The molecule has 1 aliphatic rings. The lowest BCUT2D eigenvalue weighted by molar-refractivity contribution is -0.0625. The van der Waals surface area contributed by atoms with Crippen molar-refractivity contribution in [2.24, 2.45) is 11.0 Å². The fraction of sp³-hybridized carbons (Fsp3) is 0.455. The maximum Gasteiger partial charge on any atom is 0.431 e. The number of nitrogens with zero attached hydrogens (tertiary/aromatic N) is 3. The minimum atomic E-state index is -4.55. The summed E-state index contributed by atoms with van der Waals surface area (Å²) in [7, 11) is 0. The predicted octanol–water partition coefficient (Wildman–Crippen LogP) is 3.48. The monoisotopic (exact) mass is 337 g/mol. The van der Waals surface area contributed by atoms with Gasteiger partial charge in [0.2, 0.25) is 0 Å². The van der Waals surface area contributed by atoms with Gasteiger partial charge < -0.3 is 5.11 Å². The van der Waals surface area contributed by atoms with E-state index in [1.54, 1.807) is 6.92 Å². The number of aromatic nitrogens is 2. The Hall–Kier alpha value is -1.31. The minimum Gasteiger partial charge on any atom is -0.504 e. The third-order valence-electron chi connectivity index (χ3n) is 2.82. The van der Waals surface area contributed by atoms with E-state index in [0.29, 0.717) is 11.0 Å². The summed E-state index contributed by atoms with van der Waals surface area (Å²) in [6, 6.07) is 0. The first kappa shape index (κ1) is 14.1. The van der Waals surface area contributed by atoms with Gasteiger partial charge in [0, 0.05) is 11.2 Å². The van der Waals surface area contributed by atoms with Crippen molar-refractivity contribution >= 4 is 27.4 Å². The van der Waals surface area contributed by atoms with Gasteiger partial charge in [-0.2, -0.15) is 18.3 Å². The molecule has 0 amide bonds. The number of rotatable bonds is 2. The van der Waals surface area contributed by atoms with Crippen LogP contribution in [0.3, 0.4) is 0 Å². The summed E-state index contributed by atoms with van der Waals surface area (Å²) < 4.78 is 40.1. The predicted molar refractivity (Wildman–Crippen MR) is 68.1 cm³/mol. The second-order valence-electron chi connectivity index (χ2n) is 4.07. The highest BCUT2D eigenvalue weighted by Crippen LogP contribution is 2.30. The number of imidazole rings is 1. The summed E-state index contributed by atoms with van der Waals surface area (Å²) in [4.78, 5) is 3.89. The van der Waals surface area contributed by atoms with Gasteiger partial charge in [-0.15, -0.1) is 0 Å². The number of hydrogen-bond donors (Lipinski definition) is 1. The van der Waals surface area contributed by atoms with Crippen LogP contribution in [0.15, 0.2) is 17.4 Å². The van der Waals surface area contributed by atoms with E-state index in [1.165, 1.54) is 6.20 Å². The standard InChI is InChI=1S/C11H11BrF3N3O/c1-2-6-3-8(19)10-16-5-7(4-12)18(10)17-9(6)11(13,14)15/h3,5-6,19H,2,4H2,1H3. The van der Waals surface area contributed by atoms with Crippen molar-refractivity contribution in [3.8, 4) is 0 Å². The van der Waals surface area contributed by atoms with Gasteiger partial charge in [0.05, 0.1) is 11.9 Å². The van der Waals surface area contributed by atoms with Crippen molar-refractivity contribution in [1.29, 1.82) is 0 Å². The highest BCUT2D eigenvalue weighted by molar-refractivity contribution is 9.08. The van der Waals surface area contributed by atoms with Crippen LogP contribution in [0.5, 0.6) is 0 Å². The van der Waals surface area contributed by atoms with Crippen molar-refractivity contribution in [3.05, 3.63) is 23.8 Å². The molecule has 4 nitrogen and oxygen atoms in total. The molecule has 104 valence electrons. The van der Waals surface area contributed by atoms with Gasteiger partial charge in [0.1, 0.15) is 5.71 Å². The zero-order valence-electron chi connectivity index (χ0n) is 9.95. The van der Waals surface area contributed by atoms with Gasteiger partial charge in [0.15, 0.2) is 11.6 Å². The molecule has 2 rings (SSSR count). The number of halogens is 4. The molecule has 19 heavy (non-hydrogen) atoms. The molecule has 0 saturated carbocycles. The zero-order valence-corrected chi connectivity index (χ0v) is 11.5. The van der Waals surface area contributed by atoms with E-state index in [9.17, 15) is 18.3 Å². The Morgan fingerprint density at radius 3 is 2.68 bits per heavy atom. The molecule has 0 aromatic carbocycles. The van der Waals surface area contributed by atoms with Crippen LogP contribution in [-0.4, -0.2) is 26.7 Å². The first-order valence-electron chi connectivity index (χ1n) is 5.58. The number of hydrogen-bond acceptors (Lipinski definition) is 3. The Morgan fingerprint density at radius 1 is 1.47 bits per heavy atom. The van der Waals surface area contributed by atoms with Crippen LogP contribution in [0.4, 0.5) is 13.2 Å². The van der Waals surface area contributed by atoms with Gasteiger partial charge >= 0.3 is 6.18 Å². The zero-order chi connectivity index (χ0) is 14.2. The molecule has 0 aliphatic carbocycles. The summed E-state index contributed by atoms with van der Waals surface area (Å²) in [6.45, 7) is 1.61. The molecule has 8 heteroatoms. The molecule has 0 spiro atoms. The fourth-order valence-corrected chi connectivity index (χ4v) is 2.24. The molecular weight excluding hydrogens is 327 g/mol. The Kier molecular flexibility index (Phi) is 3.71. The Morgan fingerprint density at radius 2 is 2.16 bits per heavy atom. The minimum absolute atomic E-state index is 0.0205. The van der Waals surface area contributed by atoms with Crippen molar-refractivity contribution < 1.29 is 18.3 Å². The molecule has 0 saturated heterocycles. The lowest BCUT2D eigenvalue weighted by Crippen LogP contribution is -2.30. The maximum atomic E-state index is 13.0. The molecular formula is C11H11BrF3N3O. The number of fused-ring (bicyclic) bond motifs is 1. The SMILES string of the molecule is CCC1C=C(O)c2ncc(CBr)n2N=C1C(F)(F)F. The Labute approximate surface area is 115 Å². The van der Waals surface area contributed by atoms with E-state index in [2.05, 4.69) is 26.0 Å². The largest absolute Gasteiger partial charge is 0.504 e. The van der Waals surface area contributed by atoms with Crippen molar-refractivity contribution in [2.75, 3.05) is 0 Å². The van der Waals surface area contributed by atoms with Crippen LogP contribution in [0.25, 0.3) is 5.76 Å². The van der Waals surface area contributed by atoms with Crippen LogP contribution in [0, 0.1) is 5.92 Å². The maximum absolute atomic E-state index is 13.0. The number of allylic oxidation sites excluding steroid dienone is 1. The van der Waals surface area contributed by atoms with E-state index < -0.39 is 17.8 Å². The lowest BCUT2D eigenvalue weighted by atomic mass is 9.99. The van der Waals surface area contributed by atoms with Crippen molar-refractivity contribution in [3.63, 3.8) is 0 Å². The topological polar surface area (TPSA) is 50.4 Å². The Balaban J connectivity index is 2.65. The molecule has 1 aliphatic heterocycles. The summed E-state index contributed by atoms with van der Waals surface area (Å²) in [5.74, 6) is -1.25. The average Bonchev–Trinajstić information content (AvgIpc) is 2.68. The summed E-state index contributed by atoms with van der Waals surface area (Å²) >= 11 is 3.15. The first-order chi connectivity index (χ1) is 8.88. The van der Waals surface area contributed by atoms with Crippen LogP contribution in [-0.2, 0) is 5.33 Å². The highest BCUT2D eigenvalue weighted by Gasteiger charge is 2.41.